The molecule has 0 radical (unpaired) electrons. The second-order valence-corrected chi connectivity index (χ2v) is 8.91. The first-order valence-corrected chi connectivity index (χ1v) is 11.6. The van der Waals surface area contributed by atoms with E-state index in [2.05, 4.69) is 10.0 Å². The average Bonchev–Trinajstić information content (AvgIpc) is 2.80. The minimum absolute atomic E-state index is 0.0130. The van der Waals surface area contributed by atoms with Crippen molar-refractivity contribution in [3.8, 4) is 17.2 Å². The van der Waals surface area contributed by atoms with Gasteiger partial charge in [-0.15, -0.1) is 0 Å². The van der Waals surface area contributed by atoms with Gasteiger partial charge in [0.05, 0.1) is 38.5 Å². The summed E-state index contributed by atoms with van der Waals surface area (Å²) in [6.45, 7) is 0. The summed E-state index contributed by atoms with van der Waals surface area (Å²) in [6.07, 6.45) is 0.0130. The van der Waals surface area contributed by atoms with Gasteiger partial charge in [-0.3, -0.25) is 9.52 Å². The van der Waals surface area contributed by atoms with Gasteiger partial charge in [-0.05, 0) is 36.4 Å². The molecule has 3 aromatic rings. The zero-order valence-electron chi connectivity index (χ0n) is 18.2. The van der Waals surface area contributed by atoms with Gasteiger partial charge in [0.25, 0.3) is 10.0 Å². The van der Waals surface area contributed by atoms with E-state index in [1.807, 2.05) is 0 Å². The lowest BCUT2D eigenvalue weighted by molar-refractivity contribution is -0.115. The standard InChI is InChI=1S/C23H23ClN2O6S/c1-30-17-10-8-15(21(14-17)32-3)12-23(27)25-16-9-11-20(31-2)22(13-16)33(28,29)26-19-7-5-4-6-18(19)24/h4-11,13-14,26H,12H2,1-3H3,(H,25,27). The molecule has 0 fully saturated rings. The quantitative estimate of drug-likeness (QED) is 0.462. The molecule has 0 aliphatic rings. The molecule has 0 spiro atoms. The van der Waals surface area contributed by atoms with Gasteiger partial charge in [-0.1, -0.05) is 29.8 Å². The molecule has 2 N–H and O–H groups in total. The summed E-state index contributed by atoms with van der Waals surface area (Å²) in [5.74, 6) is 0.869. The molecule has 0 saturated carbocycles. The van der Waals surface area contributed by atoms with E-state index >= 15 is 0 Å². The van der Waals surface area contributed by atoms with Crippen LogP contribution in [0.4, 0.5) is 11.4 Å². The number of amides is 1. The van der Waals surface area contributed by atoms with Gasteiger partial charge < -0.3 is 19.5 Å². The van der Waals surface area contributed by atoms with Crippen molar-refractivity contribution in [3.63, 3.8) is 0 Å². The average molecular weight is 491 g/mol. The van der Waals surface area contributed by atoms with Gasteiger partial charge in [-0.25, -0.2) is 8.42 Å². The van der Waals surface area contributed by atoms with Gasteiger partial charge in [0.1, 0.15) is 22.1 Å². The third-order valence-corrected chi connectivity index (χ3v) is 6.42. The lowest BCUT2D eigenvalue weighted by Gasteiger charge is -2.15. The van der Waals surface area contributed by atoms with Crippen molar-refractivity contribution in [2.24, 2.45) is 0 Å². The summed E-state index contributed by atoms with van der Waals surface area (Å²) in [5.41, 5.74) is 1.16. The van der Waals surface area contributed by atoms with Crippen LogP contribution >= 0.6 is 11.6 Å². The van der Waals surface area contributed by atoms with Gasteiger partial charge in [-0.2, -0.15) is 0 Å². The number of hydrogen-bond donors (Lipinski definition) is 2. The fourth-order valence-electron chi connectivity index (χ4n) is 3.08. The zero-order chi connectivity index (χ0) is 24.0. The number of hydrogen-bond acceptors (Lipinski definition) is 6. The van der Waals surface area contributed by atoms with Gasteiger partial charge in [0, 0.05) is 17.3 Å². The normalized spacial score (nSPS) is 10.9. The Kier molecular flexibility index (Phi) is 7.67. The van der Waals surface area contributed by atoms with Crippen molar-refractivity contribution >= 4 is 38.9 Å². The highest BCUT2D eigenvalue weighted by atomic mass is 35.5. The maximum atomic E-state index is 13.0. The van der Waals surface area contributed by atoms with E-state index in [9.17, 15) is 13.2 Å². The Morgan fingerprint density at radius 3 is 2.30 bits per heavy atom. The lowest BCUT2D eigenvalue weighted by Crippen LogP contribution is -2.17. The molecule has 1 amide bonds. The number of ether oxygens (including phenoxy) is 3. The Balaban J connectivity index is 1.83. The summed E-state index contributed by atoms with van der Waals surface area (Å²) in [5, 5.41) is 2.96. The number of carbonyl (C=O) groups excluding carboxylic acids is 1. The number of nitrogens with one attached hydrogen (secondary N) is 2. The van der Waals surface area contributed by atoms with Crippen LogP contribution in [0, 0.1) is 0 Å². The molecule has 3 aromatic carbocycles. The van der Waals surface area contributed by atoms with Crippen LogP contribution in [0.3, 0.4) is 0 Å². The highest BCUT2D eigenvalue weighted by Crippen LogP contribution is 2.31. The molecule has 0 aliphatic heterocycles. The second kappa shape index (κ2) is 10.5. The van der Waals surface area contributed by atoms with Crippen LogP contribution in [0.25, 0.3) is 0 Å². The molecule has 0 unspecified atom stereocenters. The molecule has 10 heteroatoms. The minimum atomic E-state index is -4.06. The first-order chi connectivity index (χ1) is 15.8. The van der Waals surface area contributed by atoms with E-state index in [4.69, 9.17) is 25.8 Å². The Labute approximate surface area is 197 Å². The molecule has 0 saturated heterocycles. The van der Waals surface area contributed by atoms with Crippen molar-refractivity contribution in [2.45, 2.75) is 11.3 Å². The molecule has 0 atom stereocenters. The summed E-state index contributed by atoms with van der Waals surface area (Å²) >= 11 is 6.08. The van der Waals surface area contributed by atoms with Crippen LogP contribution in [-0.4, -0.2) is 35.7 Å². The predicted octanol–water partition coefficient (Wildman–Crippen LogP) is 4.35. The third kappa shape index (κ3) is 5.88. The van der Waals surface area contributed by atoms with Gasteiger partial charge >= 0.3 is 0 Å². The molecular formula is C23H23ClN2O6S. The number of benzene rings is 3. The lowest BCUT2D eigenvalue weighted by atomic mass is 10.1. The summed E-state index contributed by atoms with van der Waals surface area (Å²) < 4.78 is 44.2. The maximum Gasteiger partial charge on any atom is 0.265 e. The van der Waals surface area contributed by atoms with Gasteiger partial charge in [0.2, 0.25) is 5.91 Å². The third-order valence-electron chi connectivity index (χ3n) is 4.70. The van der Waals surface area contributed by atoms with E-state index in [1.165, 1.54) is 33.5 Å². The highest BCUT2D eigenvalue weighted by molar-refractivity contribution is 7.92. The zero-order valence-corrected chi connectivity index (χ0v) is 19.8. The van der Waals surface area contributed by atoms with Crippen LogP contribution in [0.15, 0.2) is 65.6 Å². The summed E-state index contributed by atoms with van der Waals surface area (Å²) in [6, 6.07) is 15.9. The Hall–Kier alpha value is -3.43. The molecule has 0 heterocycles. The molecule has 0 aliphatic carbocycles. The van der Waals surface area contributed by atoms with Gasteiger partial charge in [0.15, 0.2) is 0 Å². The van der Waals surface area contributed by atoms with Crippen molar-refractivity contribution in [2.75, 3.05) is 31.4 Å². The Morgan fingerprint density at radius 1 is 0.909 bits per heavy atom. The number of carbonyl (C=O) groups is 1. The fourth-order valence-corrected chi connectivity index (χ4v) is 4.60. The SMILES string of the molecule is COc1ccc(CC(=O)Nc2ccc(OC)c(S(=O)(=O)Nc3ccccc3Cl)c2)c(OC)c1. The monoisotopic (exact) mass is 490 g/mol. The summed E-state index contributed by atoms with van der Waals surface area (Å²) in [7, 11) is 0.342. The van der Waals surface area contributed by atoms with Crippen molar-refractivity contribution in [3.05, 3.63) is 71.2 Å². The molecule has 0 aromatic heterocycles. The van der Waals surface area contributed by atoms with Crippen molar-refractivity contribution in [1.82, 2.24) is 0 Å². The number of anilines is 2. The van der Waals surface area contributed by atoms with Crippen LogP contribution in [0.2, 0.25) is 5.02 Å². The van der Waals surface area contributed by atoms with Crippen LogP contribution in [-0.2, 0) is 21.2 Å². The number of rotatable bonds is 9. The molecule has 3 rings (SSSR count). The van der Waals surface area contributed by atoms with Crippen LogP contribution in [0.1, 0.15) is 5.56 Å². The molecule has 174 valence electrons. The largest absolute Gasteiger partial charge is 0.497 e. The van der Waals surface area contributed by atoms with E-state index in [1.54, 1.807) is 48.5 Å². The first kappa shape index (κ1) is 24.2. The molecule has 8 nitrogen and oxygen atoms in total. The van der Waals surface area contributed by atoms with Crippen LogP contribution in [0.5, 0.6) is 17.2 Å². The van der Waals surface area contributed by atoms with Crippen molar-refractivity contribution < 1.29 is 27.4 Å². The Morgan fingerprint density at radius 2 is 1.64 bits per heavy atom. The smallest absolute Gasteiger partial charge is 0.265 e. The number of methoxy groups -OCH3 is 3. The maximum absolute atomic E-state index is 13.0. The minimum Gasteiger partial charge on any atom is -0.497 e. The number of halogens is 1. The Bertz CT molecular complexity index is 1260. The predicted molar refractivity (Wildman–Crippen MR) is 127 cm³/mol. The van der Waals surface area contributed by atoms with Crippen LogP contribution < -0.4 is 24.2 Å². The van der Waals surface area contributed by atoms with E-state index in [-0.39, 0.29) is 39.4 Å². The molecular weight excluding hydrogens is 468 g/mol. The fraction of sp³-hybridized carbons (Fsp3) is 0.174. The van der Waals surface area contributed by atoms with E-state index in [0.717, 1.165) is 0 Å². The second-order valence-electron chi connectivity index (χ2n) is 6.85. The number of para-hydroxylation sites is 1. The first-order valence-electron chi connectivity index (χ1n) is 9.73. The highest BCUT2D eigenvalue weighted by Gasteiger charge is 2.22. The summed E-state index contributed by atoms with van der Waals surface area (Å²) in [4.78, 5) is 12.5. The molecule has 0 bridgehead atoms. The van der Waals surface area contributed by atoms with E-state index in [0.29, 0.717) is 17.1 Å². The van der Waals surface area contributed by atoms with Crippen molar-refractivity contribution in [1.29, 1.82) is 0 Å². The molecule has 33 heavy (non-hydrogen) atoms. The van der Waals surface area contributed by atoms with E-state index < -0.39 is 10.0 Å². The number of sulfonamides is 1. The topological polar surface area (TPSA) is 103 Å².